The van der Waals surface area contributed by atoms with Gasteiger partial charge in [0.1, 0.15) is 5.54 Å². The van der Waals surface area contributed by atoms with Gasteiger partial charge >= 0.3 is 5.97 Å². The van der Waals surface area contributed by atoms with Crippen LogP contribution in [0.15, 0.2) is 0 Å². The van der Waals surface area contributed by atoms with Gasteiger partial charge in [-0.15, -0.1) is 0 Å². The summed E-state index contributed by atoms with van der Waals surface area (Å²) in [5, 5.41) is 0. The molecule has 0 unspecified atom stereocenters. The molecule has 3 heteroatoms. The highest BCUT2D eigenvalue weighted by Crippen LogP contribution is 2.26. The SMILES string of the molecule is CCCCCOC(=O)C1(N)CCCCCC1. The average Bonchev–Trinajstić information content (AvgIpc) is 2.50. The van der Waals surface area contributed by atoms with Crippen molar-refractivity contribution in [2.24, 2.45) is 5.73 Å². The Morgan fingerprint density at radius 3 is 2.38 bits per heavy atom. The summed E-state index contributed by atoms with van der Waals surface area (Å²) in [6.07, 6.45) is 9.30. The van der Waals surface area contributed by atoms with Gasteiger partial charge in [-0.3, -0.25) is 4.79 Å². The molecular formula is C13H25NO2. The number of ether oxygens (including phenoxy) is 1. The normalized spacial score (nSPS) is 20.1. The predicted molar refractivity (Wildman–Crippen MR) is 65.1 cm³/mol. The van der Waals surface area contributed by atoms with Gasteiger partial charge in [0.25, 0.3) is 0 Å². The van der Waals surface area contributed by atoms with Crippen molar-refractivity contribution in [1.29, 1.82) is 0 Å². The first-order chi connectivity index (χ1) is 7.69. The Hall–Kier alpha value is -0.570. The number of hydrogen-bond donors (Lipinski definition) is 1. The van der Waals surface area contributed by atoms with Crippen LogP contribution in [0.5, 0.6) is 0 Å². The molecule has 1 saturated carbocycles. The first-order valence-corrected chi connectivity index (χ1v) is 6.65. The highest BCUT2D eigenvalue weighted by molar-refractivity contribution is 5.80. The van der Waals surface area contributed by atoms with Crippen LogP contribution in [-0.4, -0.2) is 18.1 Å². The Bertz CT molecular complexity index is 208. The summed E-state index contributed by atoms with van der Waals surface area (Å²) in [6, 6.07) is 0. The third-order valence-corrected chi connectivity index (χ3v) is 3.38. The van der Waals surface area contributed by atoms with E-state index < -0.39 is 5.54 Å². The molecule has 2 N–H and O–H groups in total. The van der Waals surface area contributed by atoms with Gasteiger partial charge in [-0.1, -0.05) is 45.4 Å². The van der Waals surface area contributed by atoms with Crippen LogP contribution in [0.4, 0.5) is 0 Å². The summed E-state index contributed by atoms with van der Waals surface area (Å²) < 4.78 is 5.28. The first kappa shape index (κ1) is 13.5. The molecule has 1 aliphatic rings. The monoisotopic (exact) mass is 227 g/mol. The number of esters is 1. The van der Waals surface area contributed by atoms with E-state index in [4.69, 9.17) is 10.5 Å². The number of hydrogen-bond acceptors (Lipinski definition) is 3. The fraction of sp³-hybridized carbons (Fsp3) is 0.923. The second kappa shape index (κ2) is 6.89. The Labute approximate surface area is 98.7 Å². The molecule has 0 spiro atoms. The molecule has 1 fully saturated rings. The fourth-order valence-electron chi connectivity index (χ4n) is 2.22. The van der Waals surface area contributed by atoms with Gasteiger partial charge < -0.3 is 10.5 Å². The molecule has 0 atom stereocenters. The number of carbonyl (C=O) groups excluding carboxylic acids is 1. The van der Waals surface area contributed by atoms with Crippen LogP contribution >= 0.6 is 0 Å². The number of carbonyl (C=O) groups is 1. The topological polar surface area (TPSA) is 52.3 Å². The van der Waals surface area contributed by atoms with E-state index in [0.717, 1.165) is 44.9 Å². The largest absolute Gasteiger partial charge is 0.464 e. The van der Waals surface area contributed by atoms with E-state index in [1.807, 2.05) is 0 Å². The molecule has 1 rings (SSSR count). The Morgan fingerprint density at radius 2 is 1.81 bits per heavy atom. The molecule has 0 aromatic rings. The molecule has 3 nitrogen and oxygen atoms in total. The Balaban J connectivity index is 2.32. The van der Waals surface area contributed by atoms with E-state index in [-0.39, 0.29) is 5.97 Å². The molecule has 0 saturated heterocycles. The molecule has 0 bridgehead atoms. The van der Waals surface area contributed by atoms with E-state index in [1.54, 1.807) is 0 Å². The first-order valence-electron chi connectivity index (χ1n) is 6.65. The molecule has 0 aromatic heterocycles. The van der Waals surface area contributed by atoms with Gasteiger partial charge in [0.15, 0.2) is 0 Å². The zero-order valence-corrected chi connectivity index (χ0v) is 10.5. The molecule has 94 valence electrons. The van der Waals surface area contributed by atoms with E-state index in [0.29, 0.717) is 6.61 Å². The lowest BCUT2D eigenvalue weighted by Gasteiger charge is -2.25. The average molecular weight is 227 g/mol. The summed E-state index contributed by atoms with van der Waals surface area (Å²) in [4.78, 5) is 11.9. The second-order valence-corrected chi connectivity index (χ2v) is 4.91. The van der Waals surface area contributed by atoms with Gasteiger partial charge in [0.05, 0.1) is 6.61 Å². The molecule has 1 aliphatic carbocycles. The summed E-state index contributed by atoms with van der Waals surface area (Å²) in [5.74, 6) is -0.175. The fourth-order valence-corrected chi connectivity index (χ4v) is 2.22. The maximum absolute atomic E-state index is 11.9. The van der Waals surface area contributed by atoms with Crippen molar-refractivity contribution in [2.75, 3.05) is 6.61 Å². The molecule has 16 heavy (non-hydrogen) atoms. The van der Waals surface area contributed by atoms with Crippen LogP contribution in [0.2, 0.25) is 0 Å². The quantitative estimate of drug-likeness (QED) is 0.446. The number of unbranched alkanes of at least 4 members (excludes halogenated alkanes) is 2. The van der Waals surface area contributed by atoms with E-state index in [2.05, 4.69) is 6.92 Å². The highest BCUT2D eigenvalue weighted by atomic mass is 16.5. The maximum Gasteiger partial charge on any atom is 0.326 e. The lowest BCUT2D eigenvalue weighted by atomic mass is 9.92. The van der Waals surface area contributed by atoms with Crippen molar-refractivity contribution in [3.8, 4) is 0 Å². The standard InChI is InChI=1S/C13H25NO2/c1-2-3-8-11-16-12(15)13(14)9-6-4-5-7-10-13/h2-11,14H2,1H3. The van der Waals surface area contributed by atoms with Crippen molar-refractivity contribution in [3.63, 3.8) is 0 Å². The van der Waals surface area contributed by atoms with E-state index in [1.165, 1.54) is 12.8 Å². The summed E-state index contributed by atoms with van der Waals surface area (Å²) in [6.45, 7) is 2.67. The number of nitrogens with two attached hydrogens (primary N) is 1. The van der Waals surface area contributed by atoms with Gasteiger partial charge in [-0.25, -0.2) is 0 Å². The lowest BCUT2D eigenvalue weighted by Crippen LogP contribution is -2.48. The van der Waals surface area contributed by atoms with Crippen LogP contribution in [0.1, 0.15) is 64.7 Å². The Morgan fingerprint density at radius 1 is 1.19 bits per heavy atom. The molecule has 0 heterocycles. The minimum Gasteiger partial charge on any atom is -0.464 e. The van der Waals surface area contributed by atoms with Crippen LogP contribution in [-0.2, 0) is 9.53 Å². The van der Waals surface area contributed by atoms with Crippen LogP contribution in [0.25, 0.3) is 0 Å². The van der Waals surface area contributed by atoms with Crippen molar-refractivity contribution in [2.45, 2.75) is 70.3 Å². The summed E-state index contributed by atoms with van der Waals surface area (Å²) in [7, 11) is 0. The minimum absolute atomic E-state index is 0.175. The zero-order valence-electron chi connectivity index (χ0n) is 10.5. The van der Waals surface area contributed by atoms with Crippen LogP contribution in [0.3, 0.4) is 0 Å². The van der Waals surface area contributed by atoms with Gasteiger partial charge in [0.2, 0.25) is 0 Å². The molecule has 0 amide bonds. The van der Waals surface area contributed by atoms with Crippen molar-refractivity contribution < 1.29 is 9.53 Å². The van der Waals surface area contributed by atoms with Gasteiger partial charge in [-0.05, 0) is 19.3 Å². The smallest absolute Gasteiger partial charge is 0.326 e. The number of rotatable bonds is 5. The summed E-state index contributed by atoms with van der Waals surface area (Å²) >= 11 is 0. The molecular weight excluding hydrogens is 202 g/mol. The molecule has 0 aromatic carbocycles. The Kier molecular flexibility index (Phi) is 5.81. The van der Waals surface area contributed by atoms with Crippen molar-refractivity contribution in [1.82, 2.24) is 0 Å². The lowest BCUT2D eigenvalue weighted by molar-refractivity contribution is -0.150. The second-order valence-electron chi connectivity index (χ2n) is 4.91. The molecule has 0 aliphatic heterocycles. The minimum atomic E-state index is -0.692. The summed E-state index contributed by atoms with van der Waals surface area (Å²) in [5.41, 5.74) is 5.45. The van der Waals surface area contributed by atoms with Crippen molar-refractivity contribution >= 4 is 5.97 Å². The highest BCUT2D eigenvalue weighted by Gasteiger charge is 2.35. The predicted octanol–water partition coefficient (Wildman–Crippen LogP) is 2.77. The van der Waals surface area contributed by atoms with Crippen LogP contribution < -0.4 is 5.73 Å². The van der Waals surface area contributed by atoms with E-state index >= 15 is 0 Å². The zero-order chi connectivity index (χ0) is 11.9. The van der Waals surface area contributed by atoms with Gasteiger partial charge in [-0.2, -0.15) is 0 Å². The third-order valence-electron chi connectivity index (χ3n) is 3.38. The third kappa shape index (κ3) is 4.12. The van der Waals surface area contributed by atoms with Gasteiger partial charge in [0, 0.05) is 0 Å². The maximum atomic E-state index is 11.9. The van der Waals surface area contributed by atoms with Crippen LogP contribution in [0, 0.1) is 0 Å². The van der Waals surface area contributed by atoms with Crippen molar-refractivity contribution in [3.05, 3.63) is 0 Å². The van der Waals surface area contributed by atoms with E-state index in [9.17, 15) is 4.79 Å². The molecule has 0 radical (unpaired) electrons.